The lowest BCUT2D eigenvalue weighted by Crippen LogP contribution is -2.27. The van der Waals surface area contributed by atoms with Gasteiger partial charge in [-0.05, 0) is 57.0 Å². The predicted octanol–water partition coefficient (Wildman–Crippen LogP) is 1.52. The van der Waals surface area contributed by atoms with Crippen molar-refractivity contribution in [2.75, 3.05) is 27.4 Å². The minimum absolute atomic E-state index is 0.0699. The lowest BCUT2D eigenvalue weighted by Gasteiger charge is -2.12. The van der Waals surface area contributed by atoms with Crippen LogP contribution in [0.1, 0.15) is 63.1 Å². The number of nitrogens with zero attached hydrogens (tertiary/aromatic N) is 8. The molecule has 0 aliphatic carbocycles. The number of carbonyl (C=O) groups is 3. The molecule has 0 atom stereocenters. The van der Waals surface area contributed by atoms with Gasteiger partial charge in [-0.15, -0.1) is 0 Å². The van der Waals surface area contributed by atoms with Gasteiger partial charge in [-0.25, -0.2) is 0 Å². The van der Waals surface area contributed by atoms with Crippen LogP contribution in [0.5, 0.6) is 11.5 Å². The molecule has 0 bridgehead atoms. The number of aryl methyl sites for hydroxylation is 6. The van der Waals surface area contributed by atoms with Crippen LogP contribution in [0.4, 0.5) is 0 Å². The number of primary amides is 2. The number of hydrogen-bond donors (Lipinski definition) is 3. The minimum atomic E-state index is -0.633. The number of ether oxygens (including phenoxy) is 2. The summed E-state index contributed by atoms with van der Waals surface area (Å²) in [5.74, 6) is -0.772. The van der Waals surface area contributed by atoms with Gasteiger partial charge in [0, 0.05) is 64.9 Å². The first-order valence-electron chi connectivity index (χ1n) is 16.4. The van der Waals surface area contributed by atoms with Gasteiger partial charge in [0.1, 0.15) is 28.2 Å². The molecule has 0 aliphatic heterocycles. The number of benzene rings is 2. The molecule has 0 aliphatic rings. The van der Waals surface area contributed by atoms with Crippen LogP contribution in [0.2, 0.25) is 0 Å². The van der Waals surface area contributed by atoms with Crippen molar-refractivity contribution in [3.05, 3.63) is 64.1 Å². The van der Waals surface area contributed by atoms with Crippen molar-refractivity contribution in [1.82, 2.24) is 28.0 Å². The number of fused-ring (bicyclic) bond motifs is 2. The maximum atomic E-state index is 13.7. The molecular weight excluding hydrogens is 644 g/mol. The summed E-state index contributed by atoms with van der Waals surface area (Å²) in [6, 6.07) is 8.29. The van der Waals surface area contributed by atoms with Crippen molar-refractivity contribution in [3.8, 4) is 11.5 Å². The maximum Gasteiger partial charge on any atom is 0.298 e. The van der Waals surface area contributed by atoms with Gasteiger partial charge in [-0.3, -0.25) is 24.1 Å². The van der Waals surface area contributed by atoms with Gasteiger partial charge < -0.3 is 44.3 Å². The smallest absolute Gasteiger partial charge is 0.298 e. The molecule has 3 heterocycles. The third-order valence-corrected chi connectivity index (χ3v) is 8.64. The number of aliphatic hydroxyl groups is 1. The third kappa shape index (κ3) is 6.65. The Balaban J connectivity index is 1.59. The molecule has 3 aromatic heterocycles. The van der Waals surface area contributed by atoms with Crippen LogP contribution in [-0.2, 0) is 33.7 Å². The highest BCUT2D eigenvalue weighted by molar-refractivity contribution is 5.99. The van der Waals surface area contributed by atoms with E-state index in [9.17, 15) is 19.5 Å². The second-order valence-electron chi connectivity index (χ2n) is 11.9. The molecule has 50 heavy (non-hydrogen) atoms. The van der Waals surface area contributed by atoms with Crippen LogP contribution >= 0.6 is 0 Å². The van der Waals surface area contributed by atoms with E-state index in [0.717, 1.165) is 11.0 Å². The molecule has 16 nitrogen and oxygen atoms in total. The molecule has 5 rings (SSSR count). The average Bonchev–Trinajstić information content (AvgIpc) is 3.71. The Morgan fingerprint density at radius 1 is 0.860 bits per heavy atom. The van der Waals surface area contributed by atoms with Crippen molar-refractivity contribution < 1.29 is 29.0 Å². The topological polar surface area (TPSA) is 204 Å². The molecule has 0 unspecified atom stereocenters. The summed E-state index contributed by atoms with van der Waals surface area (Å²) in [7, 11) is 6.88. The maximum absolute atomic E-state index is 13.7. The Bertz CT molecular complexity index is 2250. The highest BCUT2D eigenvalue weighted by Gasteiger charge is 2.21. The fourth-order valence-electron chi connectivity index (χ4n) is 6.29. The predicted molar refractivity (Wildman–Crippen MR) is 186 cm³/mol. The number of imidazole rings is 2. The number of amides is 3. The number of aromatic nitrogens is 6. The van der Waals surface area contributed by atoms with E-state index in [2.05, 4.69) is 15.1 Å². The van der Waals surface area contributed by atoms with Crippen LogP contribution in [0.25, 0.3) is 22.1 Å². The van der Waals surface area contributed by atoms with Crippen molar-refractivity contribution in [2.45, 2.75) is 52.7 Å². The molecule has 5 aromatic rings. The number of nitrogens with two attached hydrogens (primary N) is 2. The first-order chi connectivity index (χ1) is 23.9. The number of hydrogen-bond acceptors (Lipinski definition) is 8. The van der Waals surface area contributed by atoms with Gasteiger partial charge in [-0.1, -0.05) is 0 Å². The molecular formula is C34H44N10O6. The van der Waals surface area contributed by atoms with E-state index in [4.69, 9.17) is 20.9 Å². The monoisotopic (exact) mass is 688 g/mol. The molecule has 3 amide bonds. The molecule has 5 N–H and O–H groups in total. The fraction of sp³-hybridized carbons (Fsp3) is 0.412. The second kappa shape index (κ2) is 14.9. The van der Waals surface area contributed by atoms with Gasteiger partial charge in [-0.2, -0.15) is 10.1 Å². The molecule has 16 heteroatoms. The SMILES string of the molecule is CCn1nc(C)cc1C(=O)/N=c1\n(C)c2cc(C(N)=O)cc(OCCCO)c2n1CCCCn1/c(=N/C)n(C)c2cc(C(N)=O)cc(OC)c21. The highest BCUT2D eigenvalue weighted by Crippen LogP contribution is 2.29. The van der Waals surface area contributed by atoms with E-state index < -0.39 is 17.7 Å². The summed E-state index contributed by atoms with van der Waals surface area (Å²) in [5.41, 5.74) is 16.7. The summed E-state index contributed by atoms with van der Waals surface area (Å²) in [6.07, 6.45) is 1.68. The van der Waals surface area contributed by atoms with E-state index in [1.54, 1.807) is 60.8 Å². The average molecular weight is 689 g/mol. The van der Waals surface area contributed by atoms with Crippen LogP contribution < -0.4 is 32.2 Å². The highest BCUT2D eigenvalue weighted by atomic mass is 16.5. The number of unbranched alkanes of at least 4 members (excludes halogenated alkanes) is 1. The Kier molecular flexibility index (Phi) is 10.6. The minimum Gasteiger partial charge on any atom is -0.494 e. The zero-order chi connectivity index (χ0) is 36.3. The summed E-state index contributed by atoms with van der Waals surface area (Å²) in [6.45, 7) is 5.32. The molecule has 0 fully saturated rings. The Morgan fingerprint density at radius 3 is 1.96 bits per heavy atom. The molecule has 0 saturated heterocycles. The summed E-state index contributed by atoms with van der Waals surface area (Å²) in [5, 5.41) is 13.8. The summed E-state index contributed by atoms with van der Waals surface area (Å²) < 4.78 is 21.0. The standard InChI is InChI=1S/C34H44N10O6/c1-7-44-25(15-20(2)39-44)32(48)38-34-41(5)24-17-22(31(36)47)19-27(50-14-10-13-45)29(24)43(34)12-9-8-11-42-28-23(40(4)33(42)37-3)16-21(30(35)46)18-26(28)49-6/h15-19,45H,7-14H2,1-6H3,(H2,35,46)(H2,36,47)/b37-33+,38-34+. The zero-order valence-corrected chi connectivity index (χ0v) is 29.3. The molecule has 2 aromatic carbocycles. The third-order valence-electron chi connectivity index (χ3n) is 8.64. The van der Waals surface area contributed by atoms with Crippen molar-refractivity contribution in [2.24, 2.45) is 35.5 Å². The number of rotatable bonds is 14. The van der Waals surface area contributed by atoms with Crippen molar-refractivity contribution in [3.63, 3.8) is 0 Å². The molecule has 266 valence electrons. The normalized spacial score (nSPS) is 12.4. The zero-order valence-electron chi connectivity index (χ0n) is 29.3. The molecule has 0 spiro atoms. The first kappa shape index (κ1) is 35.7. The quantitative estimate of drug-likeness (QED) is 0.147. The second-order valence-corrected chi connectivity index (χ2v) is 11.9. The van der Waals surface area contributed by atoms with Gasteiger partial charge in [0.05, 0.1) is 30.4 Å². The van der Waals surface area contributed by atoms with Crippen molar-refractivity contribution >= 4 is 39.8 Å². The van der Waals surface area contributed by atoms with Crippen LogP contribution in [0, 0.1) is 6.92 Å². The van der Waals surface area contributed by atoms with E-state index in [0.29, 0.717) is 89.6 Å². The van der Waals surface area contributed by atoms with Gasteiger partial charge in [0.25, 0.3) is 5.91 Å². The van der Waals surface area contributed by atoms with E-state index in [-0.39, 0.29) is 18.8 Å². The lowest BCUT2D eigenvalue weighted by atomic mass is 10.1. The first-order valence-corrected chi connectivity index (χ1v) is 16.4. The number of aliphatic hydroxyl groups excluding tert-OH is 1. The largest absolute Gasteiger partial charge is 0.494 e. The summed E-state index contributed by atoms with van der Waals surface area (Å²) >= 11 is 0. The molecule has 0 saturated carbocycles. The van der Waals surface area contributed by atoms with E-state index >= 15 is 0 Å². The van der Waals surface area contributed by atoms with Gasteiger partial charge in [0.15, 0.2) is 0 Å². The van der Waals surface area contributed by atoms with Crippen LogP contribution in [0.3, 0.4) is 0 Å². The van der Waals surface area contributed by atoms with Gasteiger partial charge in [0.2, 0.25) is 23.1 Å². The number of methoxy groups -OCH3 is 1. The molecule has 0 radical (unpaired) electrons. The Labute approximate surface area is 287 Å². The fourth-order valence-corrected chi connectivity index (χ4v) is 6.29. The van der Waals surface area contributed by atoms with Gasteiger partial charge >= 0.3 is 0 Å². The number of carbonyl (C=O) groups excluding carboxylic acids is 3. The van der Waals surface area contributed by atoms with E-state index in [1.165, 1.54) is 0 Å². The lowest BCUT2D eigenvalue weighted by molar-refractivity contribution is 0.0980. The summed E-state index contributed by atoms with van der Waals surface area (Å²) in [4.78, 5) is 47.1. The van der Waals surface area contributed by atoms with Crippen molar-refractivity contribution in [1.29, 1.82) is 0 Å². The van der Waals surface area contributed by atoms with E-state index in [1.807, 2.05) is 34.6 Å². The Morgan fingerprint density at radius 2 is 1.42 bits per heavy atom. The van der Waals surface area contributed by atoms with Crippen LogP contribution in [-0.4, -0.2) is 78.2 Å². The Hall–Kier alpha value is -5.64. The van der Waals surface area contributed by atoms with Crippen LogP contribution in [0.15, 0.2) is 40.3 Å².